The number of halogens is 1. The predicted octanol–water partition coefficient (Wildman–Crippen LogP) is 3.25. The quantitative estimate of drug-likeness (QED) is 0.772. The van der Waals surface area contributed by atoms with Crippen LogP contribution in [0.15, 0.2) is 43.0 Å². The second-order valence-electron chi connectivity index (χ2n) is 3.23. The van der Waals surface area contributed by atoms with E-state index in [1.807, 2.05) is 18.2 Å². The minimum absolute atomic E-state index is 0. The fourth-order valence-corrected chi connectivity index (χ4v) is 2.25. The third kappa shape index (κ3) is 2.51. The van der Waals surface area contributed by atoms with Gasteiger partial charge in [0.2, 0.25) is 0 Å². The molecule has 0 amide bonds. The first-order valence-electron chi connectivity index (χ1n) is 4.79. The van der Waals surface area contributed by atoms with Crippen molar-refractivity contribution < 1.29 is 0 Å². The number of hydrogen-bond acceptors (Lipinski definition) is 5. The smallest absolute Gasteiger partial charge is 0.188 e. The number of anilines is 2. The number of nitrogens with zero attached hydrogens (tertiary/aromatic N) is 3. The van der Waals surface area contributed by atoms with Crippen molar-refractivity contribution in [2.45, 2.75) is 0 Å². The van der Waals surface area contributed by atoms with Gasteiger partial charge in [-0.1, -0.05) is 11.3 Å². The predicted molar refractivity (Wildman–Crippen MR) is 72.2 cm³/mol. The molecule has 0 bridgehead atoms. The Morgan fingerprint density at radius 2 is 1.94 bits per heavy atom. The Bertz CT molecular complexity index is 578. The molecule has 0 spiro atoms. The summed E-state index contributed by atoms with van der Waals surface area (Å²) < 4.78 is 1.13. The first kappa shape index (κ1) is 11.8. The van der Waals surface area contributed by atoms with Crippen molar-refractivity contribution in [2.75, 3.05) is 5.32 Å². The van der Waals surface area contributed by atoms with Gasteiger partial charge in [0.15, 0.2) is 5.13 Å². The average molecular weight is 265 g/mol. The lowest BCUT2D eigenvalue weighted by atomic mass is 10.4. The molecule has 3 aromatic rings. The van der Waals surface area contributed by atoms with Crippen LogP contribution in [-0.2, 0) is 0 Å². The molecule has 86 valence electrons. The molecule has 1 N–H and O–H groups in total. The van der Waals surface area contributed by atoms with E-state index in [1.54, 1.807) is 36.1 Å². The van der Waals surface area contributed by atoms with Gasteiger partial charge in [0.1, 0.15) is 5.52 Å². The van der Waals surface area contributed by atoms with Gasteiger partial charge in [-0.3, -0.25) is 9.97 Å². The highest BCUT2D eigenvalue weighted by Gasteiger charge is 2.02. The Morgan fingerprint density at radius 1 is 1.06 bits per heavy atom. The Balaban J connectivity index is 0.00000108. The van der Waals surface area contributed by atoms with E-state index < -0.39 is 0 Å². The zero-order chi connectivity index (χ0) is 10.8. The molecule has 3 heterocycles. The molecule has 0 atom stereocenters. The number of nitrogens with one attached hydrogen (secondary N) is 1. The molecular formula is C11H9ClN4S. The summed E-state index contributed by atoms with van der Waals surface area (Å²) in [5, 5.41) is 4.07. The standard InChI is InChI=1S/C11H8N4S.ClH/c1-2-8(6-12-4-1)14-11-15-9-7-13-5-3-10(9)16-11;/h1-7H,(H,14,15);1H. The van der Waals surface area contributed by atoms with Crippen LogP contribution in [0.2, 0.25) is 0 Å². The van der Waals surface area contributed by atoms with Crippen LogP contribution >= 0.6 is 23.7 Å². The van der Waals surface area contributed by atoms with Gasteiger partial charge >= 0.3 is 0 Å². The molecule has 4 nitrogen and oxygen atoms in total. The number of aromatic nitrogens is 3. The van der Waals surface area contributed by atoms with Gasteiger partial charge in [0.25, 0.3) is 0 Å². The molecular weight excluding hydrogens is 256 g/mol. The topological polar surface area (TPSA) is 50.7 Å². The highest BCUT2D eigenvalue weighted by atomic mass is 35.5. The molecule has 0 aliphatic carbocycles. The second kappa shape index (κ2) is 5.07. The third-order valence-electron chi connectivity index (χ3n) is 2.10. The van der Waals surface area contributed by atoms with Crippen LogP contribution in [0.5, 0.6) is 0 Å². The first-order chi connectivity index (χ1) is 7.92. The summed E-state index contributed by atoms with van der Waals surface area (Å²) in [4.78, 5) is 12.5. The van der Waals surface area contributed by atoms with Gasteiger partial charge in [-0.05, 0) is 18.2 Å². The zero-order valence-electron chi connectivity index (χ0n) is 8.70. The van der Waals surface area contributed by atoms with Crippen molar-refractivity contribution >= 4 is 44.8 Å². The maximum absolute atomic E-state index is 4.43. The highest BCUT2D eigenvalue weighted by Crippen LogP contribution is 2.26. The van der Waals surface area contributed by atoms with Crippen molar-refractivity contribution in [1.29, 1.82) is 0 Å². The minimum atomic E-state index is 0. The van der Waals surface area contributed by atoms with Gasteiger partial charge in [-0.2, -0.15) is 0 Å². The van der Waals surface area contributed by atoms with Crippen molar-refractivity contribution in [3.63, 3.8) is 0 Å². The molecule has 0 radical (unpaired) electrons. The minimum Gasteiger partial charge on any atom is -0.330 e. The van der Waals surface area contributed by atoms with E-state index in [0.717, 1.165) is 21.0 Å². The first-order valence-corrected chi connectivity index (χ1v) is 5.61. The fourth-order valence-electron chi connectivity index (χ4n) is 1.39. The largest absolute Gasteiger partial charge is 0.330 e. The van der Waals surface area contributed by atoms with E-state index in [9.17, 15) is 0 Å². The van der Waals surface area contributed by atoms with E-state index in [1.165, 1.54) is 0 Å². The van der Waals surface area contributed by atoms with Crippen molar-refractivity contribution in [3.8, 4) is 0 Å². The average Bonchev–Trinajstić information content (AvgIpc) is 2.72. The fraction of sp³-hybridized carbons (Fsp3) is 0. The van der Waals surface area contributed by atoms with E-state index in [0.29, 0.717) is 0 Å². The summed E-state index contributed by atoms with van der Waals surface area (Å²) in [7, 11) is 0. The zero-order valence-corrected chi connectivity index (χ0v) is 10.3. The van der Waals surface area contributed by atoms with Crippen molar-refractivity contribution in [2.24, 2.45) is 0 Å². The van der Waals surface area contributed by atoms with Crippen LogP contribution in [0.4, 0.5) is 10.8 Å². The van der Waals surface area contributed by atoms with Crippen LogP contribution in [0.3, 0.4) is 0 Å². The Hall–Kier alpha value is -1.72. The molecule has 0 unspecified atom stereocenters. The number of thiazole rings is 1. The molecule has 0 saturated carbocycles. The van der Waals surface area contributed by atoms with Crippen LogP contribution in [0.1, 0.15) is 0 Å². The Labute approximate surface area is 108 Å². The molecule has 0 aliphatic heterocycles. The number of hydrogen-bond donors (Lipinski definition) is 1. The van der Waals surface area contributed by atoms with E-state index in [4.69, 9.17) is 0 Å². The molecule has 0 aliphatic rings. The van der Waals surface area contributed by atoms with E-state index in [2.05, 4.69) is 20.3 Å². The number of pyridine rings is 2. The summed E-state index contributed by atoms with van der Waals surface area (Å²) in [6, 6.07) is 5.80. The lowest BCUT2D eigenvalue weighted by molar-refractivity contribution is 1.31. The van der Waals surface area contributed by atoms with Gasteiger partial charge < -0.3 is 5.32 Å². The molecule has 6 heteroatoms. The van der Waals surface area contributed by atoms with Crippen molar-refractivity contribution in [3.05, 3.63) is 43.0 Å². The van der Waals surface area contributed by atoms with Crippen molar-refractivity contribution in [1.82, 2.24) is 15.0 Å². The van der Waals surface area contributed by atoms with Gasteiger partial charge in [-0.25, -0.2) is 4.98 Å². The van der Waals surface area contributed by atoms with Gasteiger partial charge in [0, 0.05) is 12.4 Å². The summed E-state index contributed by atoms with van der Waals surface area (Å²) in [5.74, 6) is 0. The second-order valence-corrected chi connectivity index (χ2v) is 4.26. The monoisotopic (exact) mass is 264 g/mol. The molecule has 0 fully saturated rings. The summed E-state index contributed by atoms with van der Waals surface area (Å²) in [6.45, 7) is 0. The SMILES string of the molecule is Cl.c1cncc(Nc2nc3cnccc3s2)c1. The highest BCUT2D eigenvalue weighted by molar-refractivity contribution is 7.22. The third-order valence-corrected chi connectivity index (χ3v) is 3.05. The van der Waals surface area contributed by atoms with Gasteiger partial charge in [-0.15, -0.1) is 12.4 Å². The summed E-state index contributed by atoms with van der Waals surface area (Å²) >= 11 is 1.60. The maximum Gasteiger partial charge on any atom is 0.188 e. The number of fused-ring (bicyclic) bond motifs is 1. The molecule has 3 rings (SSSR count). The molecule has 0 aromatic carbocycles. The van der Waals surface area contributed by atoms with E-state index >= 15 is 0 Å². The lowest BCUT2D eigenvalue weighted by Crippen LogP contribution is -1.88. The van der Waals surface area contributed by atoms with Crippen LogP contribution in [-0.4, -0.2) is 15.0 Å². The Morgan fingerprint density at radius 3 is 2.71 bits per heavy atom. The van der Waals surface area contributed by atoms with Gasteiger partial charge in [0.05, 0.1) is 22.8 Å². The lowest BCUT2D eigenvalue weighted by Gasteiger charge is -1.99. The Kier molecular flexibility index (Phi) is 3.51. The molecule has 3 aromatic heterocycles. The maximum atomic E-state index is 4.43. The molecule has 0 saturated heterocycles. The normalized spacial score (nSPS) is 9.88. The van der Waals surface area contributed by atoms with Crippen LogP contribution < -0.4 is 5.32 Å². The summed E-state index contributed by atoms with van der Waals surface area (Å²) in [6.07, 6.45) is 7.05. The van der Waals surface area contributed by atoms with E-state index in [-0.39, 0.29) is 12.4 Å². The molecule has 17 heavy (non-hydrogen) atoms. The van der Waals surface area contributed by atoms with Crippen LogP contribution in [0.25, 0.3) is 10.2 Å². The summed E-state index contributed by atoms with van der Waals surface area (Å²) in [5.41, 5.74) is 1.86. The van der Waals surface area contributed by atoms with Crippen LogP contribution in [0, 0.1) is 0 Å². The number of rotatable bonds is 2.